The maximum absolute atomic E-state index is 11.5. The number of amides is 2. The summed E-state index contributed by atoms with van der Waals surface area (Å²) < 4.78 is 0. The lowest BCUT2D eigenvalue weighted by atomic mass is 10.4. The Kier molecular flexibility index (Phi) is 4.65. The third-order valence-corrected chi connectivity index (χ3v) is 2.90. The Bertz CT molecular complexity index is 441. The topological polar surface area (TPSA) is 95.5 Å². The SMILES string of the molecule is CC(=O)NCCNC(=O)c1ccc(C(=O)O)s1. The summed E-state index contributed by atoms with van der Waals surface area (Å²) in [5.41, 5.74) is 0. The van der Waals surface area contributed by atoms with Gasteiger partial charge in [-0.3, -0.25) is 9.59 Å². The van der Waals surface area contributed by atoms with E-state index in [1.165, 1.54) is 19.1 Å². The molecule has 1 aromatic heterocycles. The van der Waals surface area contributed by atoms with E-state index in [-0.39, 0.29) is 16.7 Å². The van der Waals surface area contributed by atoms with Gasteiger partial charge in [-0.2, -0.15) is 0 Å². The Morgan fingerprint density at radius 3 is 2.29 bits per heavy atom. The number of hydrogen-bond acceptors (Lipinski definition) is 4. The summed E-state index contributed by atoms with van der Waals surface area (Å²) in [6.45, 7) is 2.04. The number of carbonyl (C=O) groups is 3. The van der Waals surface area contributed by atoms with E-state index in [0.717, 1.165) is 11.3 Å². The van der Waals surface area contributed by atoms with Crippen molar-refractivity contribution in [3.63, 3.8) is 0 Å². The summed E-state index contributed by atoms with van der Waals surface area (Å²) in [5, 5.41) is 13.8. The van der Waals surface area contributed by atoms with Crippen LogP contribution in [0.1, 0.15) is 26.3 Å². The van der Waals surface area contributed by atoms with E-state index in [2.05, 4.69) is 10.6 Å². The van der Waals surface area contributed by atoms with Crippen molar-refractivity contribution >= 4 is 29.1 Å². The molecule has 0 fully saturated rings. The summed E-state index contributed by atoms with van der Waals surface area (Å²) in [5.74, 6) is -1.55. The van der Waals surface area contributed by atoms with Crippen LogP contribution in [0.15, 0.2) is 12.1 Å². The van der Waals surface area contributed by atoms with Crippen LogP contribution in [0.5, 0.6) is 0 Å². The molecule has 0 bridgehead atoms. The predicted molar refractivity (Wildman–Crippen MR) is 62.3 cm³/mol. The molecule has 1 aromatic rings. The first kappa shape index (κ1) is 13.2. The van der Waals surface area contributed by atoms with E-state index in [9.17, 15) is 14.4 Å². The first-order chi connectivity index (χ1) is 8.00. The third-order valence-electron chi connectivity index (χ3n) is 1.83. The van der Waals surface area contributed by atoms with Crippen LogP contribution in [0.25, 0.3) is 0 Å². The van der Waals surface area contributed by atoms with Gasteiger partial charge in [-0.1, -0.05) is 0 Å². The first-order valence-corrected chi connectivity index (χ1v) is 5.68. The number of thiophene rings is 1. The van der Waals surface area contributed by atoms with Crippen molar-refractivity contribution in [3.05, 3.63) is 21.9 Å². The summed E-state index contributed by atoms with van der Waals surface area (Å²) in [6, 6.07) is 2.84. The molecule has 0 radical (unpaired) electrons. The van der Waals surface area contributed by atoms with Gasteiger partial charge in [-0.25, -0.2) is 4.79 Å². The van der Waals surface area contributed by atoms with Crippen LogP contribution in [0.4, 0.5) is 0 Å². The van der Waals surface area contributed by atoms with Crippen LogP contribution in [0, 0.1) is 0 Å². The van der Waals surface area contributed by atoms with E-state index in [4.69, 9.17) is 5.11 Å². The summed E-state index contributed by atoms with van der Waals surface area (Å²) in [6.07, 6.45) is 0. The van der Waals surface area contributed by atoms with E-state index in [1.807, 2.05) is 0 Å². The molecule has 0 spiro atoms. The molecular weight excluding hydrogens is 244 g/mol. The highest BCUT2D eigenvalue weighted by molar-refractivity contribution is 7.15. The molecular formula is C10H12N2O4S. The molecule has 6 nitrogen and oxygen atoms in total. The van der Waals surface area contributed by atoms with Crippen LogP contribution < -0.4 is 10.6 Å². The highest BCUT2D eigenvalue weighted by Gasteiger charge is 2.12. The zero-order chi connectivity index (χ0) is 12.8. The lowest BCUT2D eigenvalue weighted by molar-refractivity contribution is -0.118. The number of carbonyl (C=O) groups excluding carboxylic acids is 2. The Morgan fingerprint density at radius 1 is 1.18 bits per heavy atom. The van der Waals surface area contributed by atoms with Gasteiger partial charge in [0.05, 0.1) is 4.88 Å². The van der Waals surface area contributed by atoms with E-state index < -0.39 is 5.97 Å². The fourth-order valence-electron chi connectivity index (χ4n) is 1.08. The van der Waals surface area contributed by atoms with Gasteiger partial charge < -0.3 is 15.7 Å². The highest BCUT2D eigenvalue weighted by atomic mass is 32.1. The van der Waals surface area contributed by atoms with E-state index in [1.54, 1.807) is 0 Å². The van der Waals surface area contributed by atoms with Crippen molar-refractivity contribution in [2.45, 2.75) is 6.92 Å². The number of carboxylic acid groups (broad SMARTS) is 1. The van der Waals surface area contributed by atoms with Crippen molar-refractivity contribution < 1.29 is 19.5 Å². The number of carboxylic acids is 1. The van der Waals surface area contributed by atoms with Crippen molar-refractivity contribution in [2.24, 2.45) is 0 Å². The second-order valence-electron chi connectivity index (χ2n) is 3.21. The number of aromatic carboxylic acids is 1. The predicted octanol–water partition coefficient (Wildman–Crippen LogP) is 0.312. The van der Waals surface area contributed by atoms with Crippen molar-refractivity contribution in [2.75, 3.05) is 13.1 Å². The summed E-state index contributed by atoms with van der Waals surface area (Å²) in [7, 11) is 0. The average molecular weight is 256 g/mol. The van der Waals surface area contributed by atoms with Gasteiger partial charge in [0.15, 0.2) is 0 Å². The van der Waals surface area contributed by atoms with Crippen LogP contribution >= 0.6 is 11.3 Å². The molecule has 7 heteroatoms. The fourth-order valence-corrected chi connectivity index (χ4v) is 1.84. The monoisotopic (exact) mass is 256 g/mol. The highest BCUT2D eigenvalue weighted by Crippen LogP contribution is 2.15. The van der Waals surface area contributed by atoms with Gasteiger partial charge in [0.25, 0.3) is 5.91 Å². The maximum atomic E-state index is 11.5. The van der Waals surface area contributed by atoms with E-state index in [0.29, 0.717) is 18.0 Å². The van der Waals surface area contributed by atoms with Gasteiger partial charge in [-0.05, 0) is 12.1 Å². The van der Waals surface area contributed by atoms with Crippen molar-refractivity contribution in [3.8, 4) is 0 Å². The second kappa shape index (κ2) is 6.00. The van der Waals surface area contributed by atoms with Crippen molar-refractivity contribution in [1.29, 1.82) is 0 Å². The zero-order valence-electron chi connectivity index (χ0n) is 9.15. The zero-order valence-corrected chi connectivity index (χ0v) is 9.97. The molecule has 0 aliphatic rings. The quantitative estimate of drug-likeness (QED) is 0.661. The molecule has 0 aliphatic carbocycles. The van der Waals surface area contributed by atoms with Crippen LogP contribution in [-0.2, 0) is 4.79 Å². The molecule has 0 aromatic carbocycles. The Morgan fingerprint density at radius 2 is 1.76 bits per heavy atom. The minimum atomic E-state index is -1.05. The van der Waals surface area contributed by atoms with E-state index >= 15 is 0 Å². The smallest absolute Gasteiger partial charge is 0.345 e. The van der Waals surface area contributed by atoms with Crippen LogP contribution in [0.2, 0.25) is 0 Å². The second-order valence-corrected chi connectivity index (χ2v) is 4.29. The van der Waals surface area contributed by atoms with Gasteiger partial charge in [0.2, 0.25) is 5.91 Å². The maximum Gasteiger partial charge on any atom is 0.345 e. The number of nitrogens with one attached hydrogen (secondary N) is 2. The minimum absolute atomic E-state index is 0.122. The molecule has 2 amide bonds. The van der Waals surface area contributed by atoms with Gasteiger partial charge in [0, 0.05) is 20.0 Å². The van der Waals surface area contributed by atoms with Crippen LogP contribution in [0.3, 0.4) is 0 Å². The fraction of sp³-hybridized carbons (Fsp3) is 0.300. The van der Waals surface area contributed by atoms with Gasteiger partial charge in [-0.15, -0.1) is 11.3 Å². The lowest BCUT2D eigenvalue weighted by Crippen LogP contribution is -2.33. The molecule has 3 N–H and O–H groups in total. The Labute approximate surface area is 102 Å². The summed E-state index contributed by atoms with van der Waals surface area (Å²) in [4.78, 5) is 33.1. The molecule has 0 saturated heterocycles. The Balaban J connectivity index is 2.41. The van der Waals surface area contributed by atoms with Gasteiger partial charge >= 0.3 is 5.97 Å². The molecule has 0 atom stereocenters. The normalized spacial score (nSPS) is 9.71. The standard InChI is InChI=1S/C10H12N2O4S/c1-6(13)11-4-5-12-9(14)7-2-3-8(17-7)10(15)16/h2-3H,4-5H2,1H3,(H,11,13)(H,12,14)(H,15,16). The minimum Gasteiger partial charge on any atom is -0.477 e. The molecule has 0 aliphatic heterocycles. The van der Waals surface area contributed by atoms with Crippen LogP contribution in [-0.4, -0.2) is 36.0 Å². The third kappa shape index (κ3) is 4.23. The Hall–Kier alpha value is -1.89. The number of hydrogen-bond donors (Lipinski definition) is 3. The number of rotatable bonds is 5. The first-order valence-electron chi connectivity index (χ1n) is 4.86. The lowest BCUT2D eigenvalue weighted by Gasteiger charge is -2.03. The largest absolute Gasteiger partial charge is 0.477 e. The molecule has 17 heavy (non-hydrogen) atoms. The van der Waals surface area contributed by atoms with Crippen molar-refractivity contribution in [1.82, 2.24) is 10.6 Å². The molecule has 0 saturated carbocycles. The average Bonchev–Trinajstić information content (AvgIpc) is 2.73. The van der Waals surface area contributed by atoms with Gasteiger partial charge in [0.1, 0.15) is 4.88 Å². The summed E-state index contributed by atoms with van der Waals surface area (Å²) >= 11 is 0.914. The molecule has 0 unspecified atom stereocenters. The molecule has 1 heterocycles. The molecule has 92 valence electrons. The molecule has 1 rings (SSSR count).